The molecule has 2 N–H and O–H groups in total. The fraction of sp³-hybridized carbons (Fsp3) is 0.200. The predicted octanol–water partition coefficient (Wildman–Crippen LogP) is 3.69. The van der Waals surface area contributed by atoms with Crippen molar-refractivity contribution in [3.8, 4) is 17.2 Å². The van der Waals surface area contributed by atoms with E-state index in [1.807, 2.05) is 32.0 Å². The van der Waals surface area contributed by atoms with Crippen LogP contribution in [0.4, 0.5) is 5.69 Å². The molecule has 0 aliphatic carbocycles. The molecule has 2 aromatic rings. The van der Waals surface area contributed by atoms with Crippen molar-refractivity contribution in [1.82, 2.24) is 0 Å². The number of anilines is 1. The second-order valence-corrected chi connectivity index (χ2v) is 4.33. The van der Waals surface area contributed by atoms with E-state index >= 15 is 0 Å². The smallest absolute Gasteiger partial charge is 0.153 e. The van der Waals surface area contributed by atoms with Gasteiger partial charge in [-0.3, -0.25) is 0 Å². The van der Waals surface area contributed by atoms with Gasteiger partial charge in [-0.25, -0.2) is 0 Å². The van der Waals surface area contributed by atoms with Crippen molar-refractivity contribution in [1.29, 1.82) is 0 Å². The van der Waals surface area contributed by atoms with Crippen LogP contribution in [0, 0.1) is 13.8 Å². The second-order valence-electron chi connectivity index (χ2n) is 4.33. The van der Waals surface area contributed by atoms with Gasteiger partial charge in [-0.15, -0.1) is 0 Å². The zero-order chi connectivity index (χ0) is 13.1. The molecule has 3 heteroatoms. The van der Waals surface area contributed by atoms with Crippen molar-refractivity contribution in [2.24, 2.45) is 0 Å². The SMILES string of the molecule is COc1ccc(N)c(Oc2cc(C)cc(C)c2)c1. The van der Waals surface area contributed by atoms with Crippen molar-refractivity contribution in [3.63, 3.8) is 0 Å². The standard InChI is InChI=1S/C15H17NO2/c1-10-6-11(2)8-13(7-10)18-15-9-12(17-3)4-5-14(15)16/h4-9H,16H2,1-3H3. The lowest BCUT2D eigenvalue weighted by Gasteiger charge is -2.11. The quantitative estimate of drug-likeness (QED) is 0.836. The van der Waals surface area contributed by atoms with Gasteiger partial charge >= 0.3 is 0 Å². The molecular weight excluding hydrogens is 226 g/mol. The fourth-order valence-corrected chi connectivity index (χ4v) is 1.85. The van der Waals surface area contributed by atoms with Crippen LogP contribution in [0.15, 0.2) is 36.4 Å². The van der Waals surface area contributed by atoms with E-state index < -0.39 is 0 Å². The Morgan fingerprint density at radius 2 is 1.56 bits per heavy atom. The van der Waals surface area contributed by atoms with E-state index in [9.17, 15) is 0 Å². The Labute approximate surface area is 107 Å². The highest BCUT2D eigenvalue weighted by molar-refractivity contribution is 5.57. The number of hydrogen-bond donors (Lipinski definition) is 1. The first kappa shape index (κ1) is 12.3. The molecule has 0 radical (unpaired) electrons. The van der Waals surface area contributed by atoms with E-state index in [4.69, 9.17) is 15.2 Å². The van der Waals surface area contributed by atoms with Gasteiger partial charge in [0.25, 0.3) is 0 Å². The predicted molar refractivity (Wildman–Crippen MR) is 73.4 cm³/mol. The molecule has 0 aliphatic rings. The largest absolute Gasteiger partial charge is 0.497 e. The number of aryl methyl sites for hydroxylation is 2. The molecule has 0 bridgehead atoms. The second kappa shape index (κ2) is 5.00. The Morgan fingerprint density at radius 3 is 2.17 bits per heavy atom. The summed E-state index contributed by atoms with van der Waals surface area (Å²) in [6.45, 7) is 4.07. The van der Waals surface area contributed by atoms with E-state index in [1.54, 1.807) is 19.2 Å². The van der Waals surface area contributed by atoms with Crippen LogP contribution in [0.5, 0.6) is 17.2 Å². The summed E-state index contributed by atoms with van der Waals surface area (Å²) in [7, 11) is 1.62. The molecule has 18 heavy (non-hydrogen) atoms. The van der Waals surface area contributed by atoms with Gasteiger partial charge in [-0.1, -0.05) is 6.07 Å². The summed E-state index contributed by atoms with van der Waals surface area (Å²) in [5.74, 6) is 2.12. The normalized spacial score (nSPS) is 10.2. The molecule has 0 atom stereocenters. The summed E-state index contributed by atoms with van der Waals surface area (Å²) in [6, 6.07) is 11.4. The average Bonchev–Trinajstić information content (AvgIpc) is 2.30. The molecule has 0 fully saturated rings. The van der Waals surface area contributed by atoms with E-state index in [1.165, 1.54) is 0 Å². The molecule has 0 aliphatic heterocycles. The van der Waals surface area contributed by atoms with Crippen molar-refractivity contribution in [2.45, 2.75) is 13.8 Å². The molecule has 0 heterocycles. The van der Waals surface area contributed by atoms with E-state index in [2.05, 4.69) is 6.07 Å². The molecule has 94 valence electrons. The third-order valence-electron chi connectivity index (χ3n) is 2.64. The lowest BCUT2D eigenvalue weighted by molar-refractivity contribution is 0.409. The number of methoxy groups -OCH3 is 1. The van der Waals surface area contributed by atoms with Gasteiger partial charge in [0.2, 0.25) is 0 Å². The number of nitrogen functional groups attached to an aromatic ring is 1. The minimum atomic E-state index is 0.593. The molecule has 0 aromatic heterocycles. The monoisotopic (exact) mass is 243 g/mol. The maximum absolute atomic E-state index is 5.89. The zero-order valence-electron chi connectivity index (χ0n) is 10.9. The highest BCUT2D eigenvalue weighted by atomic mass is 16.5. The molecule has 3 nitrogen and oxygen atoms in total. The number of ether oxygens (including phenoxy) is 2. The van der Waals surface area contributed by atoms with Crippen LogP contribution in [0.3, 0.4) is 0 Å². The topological polar surface area (TPSA) is 44.5 Å². The average molecular weight is 243 g/mol. The Balaban J connectivity index is 2.33. The van der Waals surface area contributed by atoms with Gasteiger partial charge in [-0.2, -0.15) is 0 Å². The van der Waals surface area contributed by atoms with Gasteiger partial charge in [0, 0.05) is 6.07 Å². The molecule has 0 saturated heterocycles. The zero-order valence-corrected chi connectivity index (χ0v) is 10.9. The highest BCUT2D eigenvalue weighted by Gasteiger charge is 2.05. The molecule has 0 unspecified atom stereocenters. The summed E-state index contributed by atoms with van der Waals surface area (Å²) < 4.78 is 11.0. The van der Waals surface area contributed by atoms with Gasteiger partial charge in [0.05, 0.1) is 12.8 Å². The van der Waals surface area contributed by atoms with Crippen LogP contribution in [0.1, 0.15) is 11.1 Å². The minimum absolute atomic E-state index is 0.593. The van der Waals surface area contributed by atoms with Crippen molar-refractivity contribution < 1.29 is 9.47 Å². The van der Waals surface area contributed by atoms with Crippen LogP contribution in [-0.4, -0.2) is 7.11 Å². The first-order valence-electron chi connectivity index (χ1n) is 5.78. The van der Waals surface area contributed by atoms with Crippen molar-refractivity contribution >= 4 is 5.69 Å². The minimum Gasteiger partial charge on any atom is -0.497 e. The summed E-state index contributed by atoms with van der Waals surface area (Å²) in [5, 5.41) is 0. The number of nitrogens with two attached hydrogens (primary N) is 1. The van der Waals surface area contributed by atoms with Crippen molar-refractivity contribution in [3.05, 3.63) is 47.5 Å². The molecule has 0 spiro atoms. The third kappa shape index (κ3) is 2.74. The number of benzene rings is 2. The summed E-state index contributed by atoms with van der Waals surface area (Å²) in [4.78, 5) is 0. The summed E-state index contributed by atoms with van der Waals surface area (Å²) >= 11 is 0. The van der Waals surface area contributed by atoms with Crippen LogP contribution in [0.2, 0.25) is 0 Å². The number of hydrogen-bond acceptors (Lipinski definition) is 3. The Kier molecular flexibility index (Phi) is 3.42. The highest BCUT2D eigenvalue weighted by Crippen LogP contribution is 2.31. The number of rotatable bonds is 3. The Morgan fingerprint density at radius 1 is 0.889 bits per heavy atom. The molecule has 2 rings (SSSR count). The van der Waals surface area contributed by atoms with Crippen LogP contribution in [0.25, 0.3) is 0 Å². The molecular formula is C15H17NO2. The van der Waals surface area contributed by atoms with Gasteiger partial charge in [0.15, 0.2) is 5.75 Å². The lowest BCUT2D eigenvalue weighted by atomic mass is 10.1. The Bertz CT molecular complexity index is 544. The molecule has 0 amide bonds. The van der Waals surface area contributed by atoms with Crippen LogP contribution in [-0.2, 0) is 0 Å². The Hall–Kier alpha value is -2.16. The third-order valence-corrected chi connectivity index (χ3v) is 2.64. The van der Waals surface area contributed by atoms with E-state index in [0.29, 0.717) is 11.4 Å². The fourth-order valence-electron chi connectivity index (χ4n) is 1.85. The first-order valence-corrected chi connectivity index (χ1v) is 5.78. The summed E-state index contributed by atoms with van der Waals surface area (Å²) in [5.41, 5.74) is 8.80. The molecule has 2 aromatic carbocycles. The molecule has 0 saturated carbocycles. The van der Waals surface area contributed by atoms with E-state index in [-0.39, 0.29) is 0 Å². The van der Waals surface area contributed by atoms with Gasteiger partial charge in [0.1, 0.15) is 11.5 Å². The van der Waals surface area contributed by atoms with Crippen LogP contribution < -0.4 is 15.2 Å². The maximum atomic E-state index is 5.89. The van der Waals surface area contributed by atoms with Gasteiger partial charge in [-0.05, 0) is 49.2 Å². The lowest BCUT2D eigenvalue weighted by Crippen LogP contribution is -1.94. The maximum Gasteiger partial charge on any atom is 0.153 e. The first-order chi connectivity index (χ1) is 8.58. The van der Waals surface area contributed by atoms with Gasteiger partial charge < -0.3 is 15.2 Å². The van der Waals surface area contributed by atoms with E-state index in [0.717, 1.165) is 22.6 Å². The summed E-state index contributed by atoms with van der Waals surface area (Å²) in [6.07, 6.45) is 0. The van der Waals surface area contributed by atoms with Crippen LogP contribution >= 0.6 is 0 Å². The van der Waals surface area contributed by atoms with Crippen molar-refractivity contribution in [2.75, 3.05) is 12.8 Å².